The van der Waals surface area contributed by atoms with E-state index in [1.807, 2.05) is 6.20 Å². The summed E-state index contributed by atoms with van der Waals surface area (Å²) in [5.41, 5.74) is 1.81. The third-order valence-corrected chi connectivity index (χ3v) is 6.71. The van der Waals surface area contributed by atoms with Gasteiger partial charge in [-0.05, 0) is 43.0 Å². The zero-order valence-corrected chi connectivity index (χ0v) is 19.2. The molecule has 0 unspecified atom stereocenters. The van der Waals surface area contributed by atoms with Crippen LogP contribution in [-0.2, 0) is 4.79 Å². The van der Waals surface area contributed by atoms with Crippen LogP contribution < -0.4 is 9.47 Å². The number of carboxylic acid groups (broad SMARTS) is 1. The Morgan fingerprint density at radius 1 is 1.10 bits per heavy atom. The van der Waals surface area contributed by atoms with Crippen molar-refractivity contribution in [2.45, 2.75) is 13.0 Å². The second kappa shape index (κ2) is 8.49. The molecule has 2 aliphatic heterocycles. The van der Waals surface area contributed by atoms with Gasteiger partial charge in [0.2, 0.25) is 0 Å². The number of aliphatic carboxylic acids is 1. The number of aliphatic imine (C=N–C) groups is 1. The number of allylic oxidation sites excluding steroid dienone is 1. The van der Waals surface area contributed by atoms with Gasteiger partial charge in [-0.2, -0.15) is 0 Å². The van der Waals surface area contributed by atoms with Crippen LogP contribution in [0.1, 0.15) is 24.1 Å². The maximum atomic E-state index is 12.3. The third-order valence-electron chi connectivity index (χ3n) is 5.06. The van der Waals surface area contributed by atoms with E-state index in [-0.39, 0.29) is 5.57 Å². The van der Waals surface area contributed by atoms with Crippen molar-refractivity contribution in [3.63, 3.8) is 0 Å². The highest BCUT2D eigenvalue weighted by atomic mass is 35.5. The summed E-state index contributed by atoms with van der Waals surface area (Å²) in [5.74, 6) is -0.0413. The molecule has 0 spiro atoms. The van der Waals surface area contributed by atoms with Crippen molar-refractivity contribution in [3.05, 3.63) is 75.0 Å². The van der Waals surface area contributed by atoms with Gasteiger partial charge in [0.1, 0.15) is 17.5 Å². The number of nitrogens with zero attached hydrogens (tertiary/aromatic N) is 2. The van der Waals surface area contributed by atoms with E-state index in [4.69, 9.17) is 32.7 Å². The first-order valence-electron chi connectivity index (χ1n) is 9.23. The van der Waals surface area contributed by atoms with E-state index in [0.717, 1.165) is 4.91 Å². The molecule has 2 aromatic rings. The van der Waals surface area contributed by atoms with Crippen molar-refractivity contribution >= 4 is 51.0 Å². The van der Waals surface area contributed by atoms with Gasteiger partial charge in [-0.1, -0.05) is 35.3 Å². The highest BCUT2D eigenvalue weighted by molar-refractivity contribution is 8.22. The van der Waals surface area contributed by atoms with Crippen LogP contribution in [0.5, 0.6) is 11.5 Å². The van der Waals surface area contributed by atoms with Crippen molar-refractivity contribution in [1.82, 2.24) is 4.90 Å². The molecule has 2 heterocycles. The SMILES string of the molecule is COc1cccc(OC)c1[C@@H]1C(C(=O)O)=C(C)N=C2SC(c3c(Cl)cccc3Cl)=CN21. The Labute approximate surface area is 193 Å². The molecule has 0 aromatic heterocycles. The Morgan fingerprint density at radius 3 is 2.23 bits per heavy atom. The normalized spacial score (nSPS) is 17.8. The lowest BCUT2D eigenvalue weighted by molar-refractivity contribution is -0.133. The number of halogens is 2. The van der Waals surface area contributed by atoms with Crippen LogP contribution in [0.2, 0.25) is 10.0 Å². The van der Waals surface area contributed by atoms with Gasteiger partial charge in [0.05, 0.1) is 41.1 Å². The molecule has 0 radical (unpaired) electrons. The molecule has 2 aromatic carbocycles. The molecule has 9 heteroatoms. The molecule has 0 saturated carbocycles. The van der Waals surface area contributed by atoms with E-state index in [0.29, 0.717) is 43.5 Å². The van der Waals surface area contributed by atoms with Crippen LogP contribution in [0.25, 0.3) is 4.91 Å². The van der Waals surface area contributed by atoms with Gasteiger partial charge in [0.25, 0.3) is 0 Å². The summed E-state index contributed by atoms with van der Waals surface area (Å²) in [5, 5.41) is 11.7. The Hall–Kier alpha value is -2.61. The molecule has 2 aliphatic rings. The number of rotatable bonds is 5. The molecule has 0 aliphatic carbocycles. The fourth-order valence-corrected chi connectivity index (χ4v) is 5.56. The number of hydrogen-bond donors (Lipinski definition) is 1. The van der Waals surface area contributed by atoms with Crippen molar-refractivity contribution in [2.75, 3.05) is 14.2 Å². The summed E-state index contributed by atoms with van der Waals surface area (Å²) in [7, 11) is 3.08. The molecule has 0 bridgehead atoms. The van der Waals surface area contributed by atoms with E-state index >= 15 is 0 Å². The average molecular weight is 477 g/mol. The minimum Gasteiger partial charge on any atom is -0.496 e. The lowest BCUT2D eigenvalue weighted by atomic mass is 9.93. The summed E-state index contributed by atoms with van der Waals surface area (Å²) in [6.07, 6.45) is 1.82. The van der Waals surface area contributed by atoms with Crippen molar-refractivity contribution in [2.24, 2.45) is 4.99 Å². The van der Waals surface area contributed by atoms with Crippen molar-refractivity contribution in [3.8, 4) is 11.5 Å². The summed E-state index contributed by atoms with van der Waals surface area (Å²) in [6.45, 7) is 1.68. The number of thioether (sulfide) groups is 1. The van der Waals surface area contributed by atoms with Crippen LogP contribution in [0.15, 0.2) is 58.9 Å². The Balaban J connectivity index is 1.94. The first-order valence-corrected chi connectivity index (χ1v) is 10.8. The second-order valence-corrected chi connectivity index (χ2v) is 8.60. The van der Waals surface area contributed by atoms with E-state index in [2.05, 4.69) is 4.99 Å². The third kappa shape index (κ3) is 3.67. The number of benzene rings is 2. The highest BCUT2D eigenvalue weighted by Crippen LogP contribution is 2.51. The van der Waals surface area contributed by atoms with Crippen LogP contribution in [0.3, 0.4) is 0 Å². The van der Waals surface area contributed by atoms with E-state index in [1.165, 1.54) is 26.0 Å². The van der Waals surface area contributed by atoms with Crippen LogP contribution in [0.4, 0.5) is 0 Å². The standard InChI is InChI=1S/C22H18Cl2N2O4S/c1-11-17(21(27)28)20(19-14(29-2)8-5-9-15(19)30-3)26-10-16(31-22(26)25-11)18-12(23)6-4-7-13(18)24/h4-10,20H,1-3H3,(H,27,28)/t20-/m0/s1. The zero-order chi connectivity index (χ0) is 22.3. The van der Waals surface area contributed by atoms with E-state index in [9.17, 15) is 9.90 Å². The molecule has 0 saturated heterocycles. The van der Waals surface area contributed by atoms with Crippen molar-refractivity contribution in [1.29, 1.82) is 0 Å². The number of amidine groups is 1. The number of carboxylic acids is 1. The molecular weight excluding hydrogens is 459 g/mol. The number of fused-ring (bicyclic) bond motifs is 1. The van der Waals surface area contributed by atoms with Gasteiger partial charge in [0.15, 0.2) is 5.17 Å². The Kier molecular flexibility index (Phi) is 5.92. The van der Waals surface area contributed by atoms with Crippen LogP contribution in [-0.4, -0.2) is 35.4 Å². The minimum atomic E-state index is -1.07. The smallest absolute Gasteiger partial charge is 0.335 e. The summed E-state index contributed by atoms with van der Waals surface area (Å²) in [6, 6.07) is 9.91. The fraction of sp³-hybridized carbons (Fsp3) is 0.182. The maximum Gasteiger partial charge on any atom is 0.335 e. The molecule has 4 rings (SSSR count). The zero-order valence-electron chi connectivity index (χ0n) is 16.8. The Bertz CT molecular complexity index is 1130. The molecule has 0 fully saturated rings. The maximum absolute atomic E-state index is 12.3. The largest absolute Gasteiger partial charge is 0.496 e. The number of carbonyl (C=O) groups is 1. The number of ether oxygens (including phenoxy) is 2. The first kappa shape index (κ1) is 21.6. The first-order chi connectivity index (χ1) is 14.9. The Morgan fingerprint density at radius 2 is 1.68 bits per heavy atom. The summed E-state index contributed by atoms with van der Waals surface area (Å²) < 4.78 is 11.1. The van der Waals surface area contributed by atoms with E-state index < -0.39 is 12.0 Å². The van der Waals surface area contributed by atoms with Crippen LogP contribution in [0, 0.1) is 0 Å². The van der Waals surface area contributed by atoms with Gasteiger partial charge in [0, 0.05) is 16.7 Å². The number of hydrogen-bond acceptors (Lipinski definition) is 6. The van der Waals surface area contributed by atoms with Crippen LogP contribution >= 0.6 is 35.0 Å². The predicted molar refractivity (Wildman–Crippen MR) is 124 cm³/mol. The van der Waals surface area contributed by atoms with E-state index in [1.54, 1.807) is 48.2 Å². The van der Waals surface area contributed by atoms with Gasteiger partial charge < -0.3 is 19.5 Å². The predicted octanol–water partition coefficient (Wildman–Crippen LogP) is 5.83. The second-order valence-electron chi connectivity index (χ2n) is 6.78. The molecular formula is C22H18Cl2N2O4S. The fourth-order valence-electron chi connectivity index (χ4n) is 3.72. The molecule has 1 atom stereocenters. The lowest BCUT2D eigenvalue weighted by Crippen LogP contribution is -2.34. The lowest BCUT2D eigenvalue weighted by Gasteiger charge is -2.34. The van der Waals surface area contributed by atoms with Gasteiger partial charge in [-0.25, -0.2) is 9.79 Å². The van der Waals surface area contributed by atoms with Gasteiger partial charge >= 0.3 is 5.97 Å². The van der Waals surface area contributed by atoms with Gasteiger partial charge in [-0.3, -0.25) is 0 Å². The molecule has 0 amide bonds. The molecule has 6 nitrogen and oxygen atoms in total. The summed E-state index contributed by atoms with van der Waals surface area (Å²) in [4.78, 5) is 19.4. The molecule has 1 N–H and O–H groups in total. The average Bonchev–Trinajstić information content (AvgIpc) is 3.14. The summed E-state index contributed by atoms with van der Waals surface area (Å²) >= 11 is 14.2. The monoisotopic (exact) mass is 476 g/mol. The highest BCUT2D eigenvalue weighted by Gasteiger charge is 2.42. The number of methoxy groups -OCH3 is 2. The van der Waals surface area contributed by atoms with Crippen molar-refractivity contribution < 1.29 is 19.4 Å². The van der Waals surface area contributed by atoms with Gasteiger partial charge in [-0.15, -0.1) is 0 Å². The quantitative estimate of drug-likeness (QED) is 0.585. The topological polar surface area (TPSA) is 71.4 Å². The molecule has 31 heavy (non-hydrogen) atoms. The minimum absolute atomic E-state index is 0.134. The molecule has 160 valence electrons.